The molecule has 1 amide bonds. The third kappa shape index (κ3) is 3.66. The third-order valence-corrected chi connectivity index (χ3v) is 4.67. The molecule has 5 heteroatoms. The minimum atomic E-state index is -0.171. The van der Waals surface area contributed by atoms with E-state index in [1.807, 2.05) is 18.2 Å². The van der Waals surface area contributed by atoms with Gasteiger partial charge in [-0.15, -0.1) is 0 Å². The zero-order chi connectivity index (χ0) is 15.4. The van der Waals surface area contributed by atoms with E-state index >= 15 is 0 Å². The number of amides is 1. The Hall–Kier alpha value is -1.43. The van der Waals surface area contributed by atoms with Crippen LogP contribution < -0.4 is 10.6 Å². The molecule has 2 aliphatic heterocycles. The van der Waals surface area contributed by atoms with Crippen LogP contribution in [-0.2, 0) is 4.79 Å². The van der Waals surface area contributed by atoms with Crippen molar-refractivity contribution in [2.45, 2.75) is 18.5 Å². The molecule has 2 heterocycles. The van der Waals surface area contributed by atoms with Crippen LogP contribution in [0.5, 0.6) is 0 Å². The minimum absolute atomic E-state index is 0.143. The first-order valence-corrected chi connectivity index (χ1v) is 8.22. The van der Waals surface area contributed by atoms with Gasteiger partial charge in [0.25, 0.3) is 0 Å². The summed E-state index contributed by atoms with van der Waals surface area (Å²) < 4.78 is 0. The van der Waals surface area contributed by atoms with Crippen molar-refractivity contribution in [3.05, 3.63) is 35.9 Å². The zero-order valence-corrected chi connectivity index (χ0v) is 13.3. The van der Waals surface area contributed by atoms with E-state index in [-0.39, 0.29) is 18.0 Å². The summed E-state index contributed by atoms with van der Waals surface area (Å²) in [5.41, 5.74) is 1.09. The highest BCUT2D eigenvalue weighted by Crippen LogP contribution is 2.22. The van der Waals surface area contributed by atoms with Crippen LogP contribution in [0.3, 0.4) is 0 Å². The fraction of sp³-hybridized carbons (Fsp3) is 0.588. The Labute approximate surface area is 132 Å². The SMILES string of the molecule is CN1CCN(C(C(=O)NC2CCNC2)c2ccccc2)CC1. The number of piperazine rings is 1. The summed E-state index contributed by atoms with van der Waals surface area (Å²) in [7, 11) is 2.14. The van der Waals surface area contributed by atoms with Crippen molar-refractivity contribution in [1.82, 2.24) is 20.4 Å². The Morgan fingerprint density at radius 3 is 2.59 bits per heavy atom. The second-order valence-electron chi connectivity index (χ2n) is 6.35. The summed E-state index contributed by atoms with van der Waals surface area (Å²) in [5.74, 6) is 0.143. The topological polar surface area (TPSA) is 47.6 Å². The van der Waals surface area contributed by atoms with E-state index in [9.17, 15) is 4.79 Å². The molecule has 2 saturated heterocycles. The maximum Gasteiger partial charge on any atom is 0.242 e. The van der Waals surface area contributed by atoms with Crippen LogP contribution in [-0.4, -0.2) is 68.1 Å². The molecule has 2 fully saturated rings. The molecule has 0 radical (unpaired) electrons. The van der Waals surface area contributed by atoms with Gasteiger partial charge in [0.15, 0.2) is 0 Å². The van der Waals surface area contributed by atoms with E-state index < -0.39 is 0 Å². The van der Waals surface area contributed by atoms with Crippen LogP contribution in [0.15, 0.2) is 30.3 Å². The Kier molecular flexibility index (Phi) is 5.08. The van der Waals surface area contributed by atoms with Gasteiger partial charge in [0.1, 0.15) is 6.04 Å². The molecule has 0 saturated carbocycles. The second-order valence-corrected chi connectivity index (χ2v) is 6.35. The van der Waals surface area contributed by atoms with E-state index in [1.54, 1.807) is 0 Å². The number of hydrogen-bond donors (Lipinski definition) is 2. The average Bonchev–Trinajstić information content (AvgIpc) is 3.03. The number of nitrogens with one attached hydrogen (secondary N) is 2. The number of hydrogen-bond acceptors (Lipinski definition) is 4. The molecule has 2 N–H and O–H groups in total. The molecule has 2 unspecified atom stereocenters. The van der Waals surface area contributed by atoms with Crippen molar-refractivity contribution in [1.29, 1.82) is 0 Å². The predicted molar refractivity (Wildman–Crippen MR) is 87.7 cm³/mol. The molecular weight excluding hydrogens is 276 g/mol. The molecule has 1 aromatic rings. The number of carbonyl (C=O) groups is 1. The molecule has 2 atom stereocenters. The largest absolute Gasteiger partial charge is 0.350 e. The van der Waals surface area contributed by atoms with E-state index in [1.165, 1.54) is 0 Å². The van der Waals surface area contributed by atoms with Crippen molar-refractivity contribution in [2.75, 3.05) is 46.3 Å². The average molecular weight is 302 g/mol. The number of carbonyl (C=O) groups excluding carboxylic acids is 1. The molecular formula is C17H26N4O. The van der Waals surface area contributed by atoms with Crippen LogP contribution in [0.2, 0.25) is 0 Å². The first-order chi connectivity index (χ1) is 10.7. The normalized spacial score (nSPS) is 25.0. The smallest absolute Gasteiger partial charge is 0.242 e. The van der Waals surface area contributed by atoms with Crippen LogP contribution in [0, 0.1) is 0 Å². The zero-order valence-electron chi connectivity index (χ0n) is 13.3. The first-order valence-electron chi connectivity index (χ1n) is 8.22. The molecule has 0 aliphatic carbocycles. The van der Waals surface area contributed by atoms with Gasteiger partial charge in [0, 0.05) is 38.8 Å². The van der Waals surface area contributed by atoms with Crippen molar-refractivity contribution >= 4 is 5.91 Å². The first kappa shape index (κ1) is 15.5. The minimum Gasteiger partial charge on any atom is -0.350 e. The Bertz CT molecular complexity index is 479. The molecule has 0 spiro atoms. The van der Waals surface area contributed by atoms with Crippen LogP contribution in [0.1, 0.15) is 18.0 Å². The highest BCUT2D eigenvalue weighted by Gasteiger charge is 2.31. The van der Waals surface area contributed by atoms with Crippen LogP contribution in [0.25, 0.3) is 0 Å². The van der Waals surface area contributed by atoms with Gasteiger partial charge in [0.05, 0.1) is 0 Å². The monoisotopic (exact) mass is 302 g/mol. The molecule has 22 heavy (non-hydrogen) atoms. The Balaban J connectivity index is 1.74. The van der Waals surface area contributed by atoms with E-state index in [2.05, 4.69) is 39.6 Å². The van der Waals surface area contributed by atoms with Crippen molar-refractivity contribution in [3.8, 4) is 0 Å². The van der Waals surface area contributed by atoms with Gasteiger partial charge in [0.2, 0.25) is 5.91 Å². The summed E-state index contributed by atoms with van der Waals surface area (Å²) in [6.07, 6.45) is 1.02. The Morgan fingerprint density at radius 2 is 1.95 bits per heavy atom. The lowest BCUT2D eigenvalue weighted by Crippen LogP contribution is -2.51. The van der Waals surface area contributed by atoms with E-state index in [0.717, 1.165) is 51.3 Å². The molecule has 120 valence electrons. The van der Waals surface area contributed by atoms with Gasteiger partial charge in [-0.25, -0.2) is 0 Å². The maximum atomic E-state index is 12.9. The lowest BCUT2D eigenvalue weighted by molar-refractivity contribution is -0.128. The molecule has 2 aliphatic rings. The van der Waals surface area contributed by atoms with Crippen molar-refractivity contribution < 1.29 is 4.79 Å². The summed E-state index contributed by atoms with van der Waals surface area (Å²) >= 11 is 0. The highest BCUT2D eigenvalue weighted by atomic mass is 16.2. The standard InChI is InChI=1S/C17H26N4O/c1-20-9-11-21(12-10-20)16(14-5-3-2-4-6-14)17(22)19-15-7-8-18-13-15/h2-6,15-16,18H,7-13H2,1H3,(H,19,22). The fourth-order valence-electron chi connectivity index (χ4n) is 3.30. The summed E-state index contributed by atoms with van der Waals surface area (Å²) in [6.45, 7) is 5.79. The van der Waals surface area contributed by atoms with Crippen molar-refractivity contribution in [3.63, 3.8) is 0 Å². The molecule has 3 rings (SSSR count). The number of benzene rings is 1. The fourth-order valence-corrected chi connectivity index (χ4v) is 3.30. The van der Waals surface area contributed by atoms with Gasteiger partial charge < -0.3 is 15.5 Å². The summed E-state index contributed by atoms with van der Waals surface area (Å²) in [6, 6.07) is 10.3. The van der Waals surface area contributed by atoms with E-state index in [4.69, 9.17) is 0 Å². The highest BCUT2D eigenvalue weighted by molar-refractivity contribution is 5.83. The van der Waals surface area contributed by atoms with E-state index in [0.29, 0.717) is 0 Å². The summed E-state index contributed by atoms with van der Waals surface area (Å²) in [4.78, 5) is 17.5. The third-order valence-electron chi connectivity index (χ3n) is 4.67. The molecule has 0 aromatic heterocycles. The van der Waals surface area contributed by atoms with Gasteiger partial charge in [-0.2, -0.15) is 0 Å². The van der Waals surface area contributed by atoms with Crippen LogP contribution in [0.4, 0.5) is 0 Å². The van der Waals surface area contributed by atoms with Gasteiger partial charge in [-0.3, -0.25) is 9.69 Å². The van der Waals surface area contributed by atoms with Crippen LogP contribution >= 0.6 is 0 Å². The Morgan fingerprint density at radius 1 is 1.23 bits per heavy atom. The maximum absolute atomic E-state index is 12.9. The predicted octanol–water partition coefficient (Wildman–Crippen LogP) is 0.453. The molecule has 0 bridgehead atoms. The lowest BCUT2D eigenvalue weighted by atomic mass is 10.0. The quantitative estimate of drug-likeness (QED) is 0.848. The lowest BCUT2D eigenvalue weighted by Gasteiger charge is -2.37. The number of rotatable bonds is 4. The molecule has 1 aromatic carbocycles. The second kappa shape index (κ2) is 7.22. The summed E-state index contributed by atoms with van der Waals surface area (Å²) in [5, 5.41) is 6.54. The van der Waals surface area contributed by atoms with Gasteiger partial charge in [-0.05, 0) is 25.6 Å². The molecule has 5 nitrogen and oxygen atoms in total. The van der Waals surface area contributed by atoms with Gasteiger partial charge >= 0.3 is 0 Å². The van der Waals surface area contributed by atoms with Crippen molar-refractivity contribution in [2.24, 2.45) is 0 Å². The number of likely N-dealkylation sites (N-methyl/N-ethyl adjacent to an activating group) is 1. The number of nitrogens with zero attached hydrogens (tertiary/aromatic N) is 2. The van der Waals surface area contributed by atoms with Gasteiger partial charge in [-0.1, -0.05) is 30.3 Å².